The summed E-state index contributed by atoms with van der Waals surface area (Å²) in [6.45, 7) is 0.560. The summed E-state index contributed by atoms with van der Waals surface area (Å²) in [7, 11) is 0. The standard InChI is InChI=1S/C22H14B2N2/c1-3-13-20-16(9-1)23-18-11-5-7-15-8-6-12-19(22(15)18)24-17-10-2-4-14-21(17)25(20)26(23)24/h1-14H. The zero-order valence-electron chi connectivity index (χ0n) is 14.1. The molecule has 3 heterocycles. The Morgan fingerprint density at radius 2 is 1.00 bits per heavy atom. The van der Waals surface area contributed by atoms with Crippen LogP contribution in [0.3, 0.4) is 0 Å². The summed E-state index contributed by atoms with van der Waals surface area (Å²) in [6, 6.07) is 31.3. The Labute approximate surface area is 152 Å². The predicted molar refractivity (Wildman–Crippen MR) is 111 cm³/mol. The van der Waals surface area contributed by atoms with Crippen molar-refractivity contribution in [3.05, 3.63) is 84.9 Å². The minimum absolute atomic E-state index is 0.280. The molecule has 2 nitrogen and oxygen atoms in total. The molecule has 0 N–H and O–H groups in total. The number of rotatable bonds is 0. The Morgan fingerprint density at radius 1 is 0.500 bits per heavy atom. The summed E-state index contributed by atoms with van der Waals surface area (Å²) in [4.78, 5) is 2.59. The van der Waals surface area contributed by atoms with Crippen LogP contribution in [0.4, 0.5) is 11.4 Å². The molecule has 0 aliphatic carbocycles. The van der Waals surface area contributed by atoms with Crippen LogP contribution < -0.4 is 26.9 Å². The predicted octanol–water partition coefficient (Wildman–Crippen LogP) is 1.75. The molecule has 0 unspecified atom stereocenters. The van der Waals surface area contributed by atoms with Gasteiger partial charge in [-0.2, -0.15) is 0 Å². The summed E-state index contributed by atoms with van der Waals surface area (Å²) in [5.74, 6) is 0. The minimum atomic E-state index is 0.280. The number of anilines is 2. The topological polar surface area (TPSA) is 6.48 Å². The van der Waals surface area contributed by atoms with Crippen molar-refractivity contribution >= 4 is 57.7 Å². The third-order valence-corrected chi connectivity index (χ3v) is 6.24. The molecule has 26 heavy (non-hydrogen) atoms. The van der Waals surface area contributed by atoms with Gasteiger partial charge < -0.3 is 0 Å². The lowest BCUT2D eigenvalue weighted by molar-refractivity contribution is 0.719. The molecule has 0 spiro atoms. The smallest absolute Gasteiger partial charge is 0.295 e. The van der Waals surface area contributed by atoms with Gasteiger partial charge in [-0.15, -0.1) is 0 Å². The van der Waals surface area contributed by atoms with E-state index in [0.29, 0.717) is 0 Å². The number of para-hydroxylation sites is 2. The molecule has 4 aromatic carbocycles. The molecule has 0 atom stereocenters. The highest BCUT2D eigenvalue weighted by Gasteiger charge is 2.55. The molecule has 118 valence electrons. The van der Waals surface area contributed by atoms with E-state index in [1.165, 1.54) is 44.0 Å². The Bertz CT molecular complexity index is 1150. The minimum Gasteiger partial charge on any atom is -0.295 e. The maximum Gasteiger partial charge on any atom is 0.303 e. The van der Waals surface area contributed by atoms with Crippen LogP contribution in [0.25, 0.3) is 10.8 Å². The molecule has 0 saturated carbocycles. The SMILES string of the molecule is c1ccc2c(c1)B1c3cccc4cccc(c34)B3c4ccccc4N2N13. The van der Waals surface area contributed by atoms with Gasteiger partial charge in [0.2, 0.25) is 0 Å². The Kier molecular flexibility index (Phi) is 2.25. The number of hydrazine groups is 1. The van der Waals surface area contributed by atoms with Crippen molar-refractivity contribution in [2.45, 2.75) is 0 Å². The summed E-state index contributed by atoms with van der Waals surface area (Å²) < 4.78 is 0. The van der Waals surface area contributed by atoms with Gasteiger partial charge in [0.05, 0.1) is 11.4 Å². The fourth-order valence-electron chi connectivity index (χ4n) is 5.34. The molecular formula is C22H14B2N2. The van der Waals surface area contributed by atoms with Gasteiger partial charge in [0.1, 0.15) is 0 Å². The second-order valence-corrected chi connectivity index (χ2v) is 7.41. The number of hydrogen-bond acceptors (Lipinski definition) is 2. The highest BCUT2D eigenvalue weighted by atomic mass is 15.6. The Balaban J connectivity index is 1.69. The van der Waals surface area contributed by atoms with Crippen LogP contribution in [0.1, 0.15) is 0 Å². The average Bonchev–Trinajstić information content (AvgIpc) is 3.21. The van der Waals surface area contributed by atoms with Crippen molar-refractivity contribution in [1.82, 2.24) is 4.83 Å². The molecule has 3 aliphatic rings. The van der Waals surface area contributed by atoms with E-state index in [9.17, 15) is 0 Å². The number of fused-ring (bicyclic) bond motifs is 8. The molecule has 3 aliphatic heterocycles. The van der Waals surface area contributed by atoms with E-state index in [0.717, 1.165) is 0 Å². The maximum atomic E-state index is 2.59. The molecule has 4 heteroatoms. The third kappa shape index (κ3) is 1.35. The number of nitrogens with zero attached hydrogens (tertiary/aromatic N) is 2. The van der Waals surface area contributed by atoms with E-state index >= 15 is 0 Å². The Morgan fingerprint density at radius 3 is 1.58 bits per heavy atom. The lowest BCUT2D eigenvalue weighted by Crippen LogP contribution is -2.68. The van der Waals surface area contributed by atoms with E-state index in [4.69, 9.17) is 0 Å². The van der Waals surface area contributed by atoms with Gasteiger partial charge >= 0.3 is 13.7 Å². The highest BCUT2D eigenvalue weighted by molar-refractivity contribution is 7.04. The van der Waals surface area contributed by atoms with Gasteiger partial charge in [-0.05, 0) is 44.8 Å². The number of hydrogen-bond donors (Lipinski definition) is 0. The first-order chi connectivity index (χ1) is 12.9. The van der Waals surface area contributed by atoms with Crippen LogP contribution >= 0.6 is 0 Å². The van der Waals surface area contributed by atoms with Crippen molar-refractivity contribution in [2.24, 2.45) is 0 Å². The van der Waals surface area contributed by atoms with Crippen molar-refractivity contribution in [1.29, 1.82) is 0 Å². The molecular weight excluding hydrogens is 314 g/mol. The van der Waals surface area contributed by atoms with Crippen LogP contribution in [0, 0.1) is 0 Å². The highest BCUT2D eigenvalue weighted by Crippen LogP contribution is 2.38. The van der Waals surface area contributed by atoms with Gasteiger partial charge in [-0.25, -0.2) is 0 Å². The molecule has 0 fully saturated rings. The van der Waals surface area contributed by atoms with Gasteiger partial charge in [0, 0.05) is 0 Å². The van der Waals surface area contributed by atoms with Crippen molar-refractivity contribution < 1.29 is 0 Å². The fraction of sp³-hybridized carbons (Fsp3) is 0. The zero-order chi connectivity index (χ0) is 16.8. The summed E-state index contributed by atoms with van der Waals surface area (Å²) in [5.41, 5.74) is 8.31. The molecule has 7 rings (SSSR count). The van der Waals surface area contributed by atoms with Gasteiger partial charge in [0.25, 0.3) is 0 Å². The number of benzene rings is 4. The van der Waals surface area contributed by atoms with E-state index in [1.807, 2.05) is 0 Å². The molecule has 0 amide bonds. The normalized spacial score (nSPS) is 16.1. The zero-order valence-corrected chi connectivity index (χ0v) is 14.1. The summed E-state index contributed by atoms with van der Waals surface area (Å²) in [6.07, 6.45) is 0. The van der Waals surface area contributed by atoms with Crippen LogP contribution in [-0.4, -0.2) is 18.5 Å². The first-order valence-electron chi connectivity index (χ1n) is 9.21. The monoisotopic (exact) mass is 328 g/mol. The molecule has 0 bridgehead atoms. The van der Waals surface area contributed by atoms with E-state index in [1.54, 1.807) is 0 Å². The first kappa shape index (κ1) is 13.3. The van der Waals surface area contributed by atoms with Crippen LogP contribution in [0.2, 0.25) is 0 Å². The van der Waals surface area contributed by atoms with Crippen LogP contribution in [-0.2, 0) is 0 Å². The molecule has 0 radical (unpaired) electrons. The average molecular weight is 328 g/mol. The van der Waals surface area contributed by atoms with Crippen molar-refractivity contribution in [2.75, 3.05) is 5.01 Å². The third-order valence-electron chi connectivity index (χ3n) is 6.24. The molecule has 0 saturated heterocycles. The first-order valence-corrected chi connectivity index (χ1v) is 9.21. The fourth-order valence-corrected chi connectivity index (χ4v) is 5.34. The second-order valence-electron chi connectivity index (χ2n) is 7.41. The lowest BCUT2D eigenvalue weighted by atomic mass is 9.35. The van der Waals surface area contributed by atoms with Crippen molar-refractivity contribution in [3.63, 3.8) is 0 Å². The maximum absolute atomic E-state index is 2.59. The molecule has 0 aromatic heterocycles. The van der Waals surface area contributed by atoms with Crippen molar-refractivity contribution in [3.8, 4) is 0 Å². The quantitative estimate of drug-likeness (QED) is 0.454. The summed E-state index contributed by atoms with van der Waals surface area (Å²) >= 11 is 0. The summed E-state index contributed by atoms with van der Waals surface area (Å²) in [5, 5.41) is 5.24. The second kappa shape index (κ2) is 4.40. The largest absolute Gasteiger partial charge is 0.303 e. The van der Waals surface area contributed by atoms with E-state index in [2.05, 4.69) is 94.8 Å². The Hall–Kier alpha value is -2.97. The van der Waals surface area contributed by atoms with Crippen LogP contribution in [0.5, 0.6) is 0 Å². The van der Waals surface area contributed by atoms with E-state index < -0.39 is 0 Å². The molecule has 4 aromatic rings. The van der Waals surface area contributed by atoms with E-state index in [-0.39, 0.29) is 13.7 Å². The van der Waals surface area contributed by atoms with Crippen LogP contribution in [0.15, 0.2) is 84.9 Å². The lowest BCUT2D eigenvalue weighted by Gasteiger charge is -2.35. The van der Waals surface area contributed by atoms with Gasteiger partial charge in [0.15, 0.2) is 0 Å². The van der Waals surface area contributed by atoms with Gasteiger partial charge in [-0.1, -0.05) is 72.8 Å². The van der Waals surface area contributed by atoms with Gasteiger partial charge in [-0.3, -0.25) is 9.84 Å².